The molecule has 6 heteroatoms. The molecule has 0 aromatic heterocycles. The van der Waals surface area contributed by atoms with Gasteiger partial charge in [-0.15, -0.1) is 0 Å². The van der Waals surface area contributed by atoms with Gasteiger partial charge < -0.3 is 14.4 Å². The van der Waals surface area contributed by atoms with E-state index >= 15 is 0 Å². The number of methoxy groups -OCH3 is 1. The van der Waals surface area contributed by atoms with E-state index < -0.39 is 0 Å². The van der Waals surface area contributed by atoms with Crippen molar-refractivity contribution in [2.24, 2.45) is 0 Å². The number of hydrogen-bond donors (Lipinski definition) is 0. The summed E-state index contributed by atoms with van der Waals surface area (Å²) in [4.78, 5) is 14.3. The predicted molar refractivity (Wildman–Crippen MR) is 78.9 cm³/mol. The van der Waals surface area contributed by atoms with Crippen molar-refractivity contribution >= 4 is 29.1 Å². The molecule has 110 valence electrons. The fourth-order valence-electron chi connectivity index (χ4n) is 2.40. The summed E-state index contributed by atoms with van der Waals surface area (Å²) in [5.74, 6) is 0.284. The summed E-state index contributed by atoms with van der Waals surface area (Å²) >= 11 is 12.1. The van der Waals surface area contributed by atoms with Gasteiger partial charge in [0.1, 0.15) is 0 Å². The molecular formula is C14H17Cl2NO3. The molecule has 0 unspecified atom stereocenters. The number of benzene rings is 1. The van der Waals surface area contributed by atoms with Gasteiger partial charge in [0.15, 0.2) is 5.75 Å². The molecule has 0 N–H and O–H groups in total. The number of ether oxygens (including phenoxy) is 2. The van der Waals surface area contributed by atoms with Crippen molar-refractivity contribution in [3.05, 3.63) is 27.7 Å². The zero-order valence-corrected chi connectivity index (χ0v) is 13.2. The molecule has 1 saturated heterocycles. The van der Waals surface area contributed by atoms with Crippen LogP contribution in [0.5, 0.6) is 5.75 Å². The second-order valence-electron chi connectivity index (χ2n) is 4.94. The smallest absolute Gasteiger partial charge is 0.254 e. The van der Waals surface area contributed by atoms with Gasteiger partial charge in [-0.25, -0.2) is 0 Å². The van der Waals surface area contributed by atoms with Gasteiger partial charge in [-0.05, 0) is 26.0 Å². The van der Waals surface area contributed by atoms with Crippen LogP contribution < -0.4 is 4.74 Å². The van der Waals surface area contributed by atoms with Crippen LogP contribution in [0.2, 0.25) is 10.0 Å². The predicted octanol–water partition coefficient (Wildman–Crippen LogP) is 3.25. The zero-order valence-electron chi connectivity index (χ0n) is 11.7. The SMILES string of the molecule is COc1c(Cl)cc(C(=O)N2C[C@@H](C)O[C@@H](C)C2)cc1Cl. The van der Waals surface area contributed by atoms with Crippen LogP contribution in [-0.4, -0.2) is 43.2 Å². The highest BCUT2D eigenvalue weighted by atomic mass is 35.5. The summed E-state index contributed by atoms with van der Waals surface area (Å²) in [6.45, 7) is 5.02. The Kier molecular flexibility index (Phi) is 4.78. The van der Waals surface area contributed by atoms with Gasteiger partial charge in [0, 0.05) is 18.7 Å². The van der Waals surface area contributed by atoms with Crippen LogP contribution in [0.15, 0.2) is 12.1 Å². The first-order valence-electron chi connectivity index (χ1n) is 6.40. The van der Waals surface area contributed by atoms with Crippen LogP contribution in [0.25, 0.3) is 0 Å². The number of amides is 1. The maximum Gasteiger partial charge on any atom is 0.254 e. The van der Waals surface area contributed by atoms with Gasteiger partial charge in [-0.3, -0.25) is 4.79 Å². The lowest BCUT2D eigenvalue weighted by Crippen LogP contribution is -2.48. The van der Waals surface area contributed by atoms with Gasteiger partial charge >= 0.3 is 0 Å². The maximum absolute atomic E-state index is 12.5. The quantitative estimate of drug-likeness (QED) is 0.840. The monoisotopic (exact) mass is 317 g/mol. The van der Waals surface area contributed by atoms with E-state index in [2.05, 4.69) is 0 Å². The van der Waals surface area contributed by atoms with Gasteiger partial charge in [0.05, 0.1) is 29.4 Å². The Morgan fingerprint density at radius 2 is 1.75 bits per heavy atom. The third-order valence-corrected chi connectivity index (χ3v) is 3.72. The highest BCUT2D eigenvalue weighted by molar-refractivity contribution is 6.37. The highest BCUT2D eigenvalue weighted by Gasteiger charge is 2.27. The summed E-state index contributed by atoms with van der Waals surface area (Å²) in [5.41, 5.74) is 0.460. The summed E-state index contributed by atoms with van der Waals surface area (Å²) in [6.07, 6.45) is 0.0405. The molecule has 1 aliphatic rings. The molecule has 0 spiro atoms. The van der Waals surface area contributed by atoms with E-state index in [9.17, 15) is 4.79 Å². The van der Waals surface area contributed by atoms with E-state index in [1.165, 1.54) is 7.11 Å². The highest BCUT2D eigenvalue weighted by Crippen LogP contribution is 2.34. The third-order valence-electron chi connectivity index (χ3n) is 3.16. The first-order valence-corrected chi connectivity index (χ1v) is 7.15. The lowest BCUT2D eigenvalue weighted by molar-refractivity contribution is -0.0586. The van der Waals surface area contributed by atoms with Crippen molar-refractivity contribution < 1.29 is 14.3 Å². The van der Waals surface area contributed by atoms with Gasteiger partial charge in [0.2, 0.25) is 0 Å². The van der Waals surface area contributed by atoms with Gasteiger partial charge in [-0.2, -0.15) is 0 Å². The lowest BCUT2D eigenvalue weighted by Gasteiger charge is -2.35. The molecule has 1 aromatic rings. The van der Waals surface area contributed by atoms with E-state index in [0.29, 0.717) is 34.4 Å². The number of rotatable bonds is 2. The van der Waals surface area contributed by atoms with E-state index in [-0.39, 0.29) is 18.1 Å². The minimum Gasteiger partial charge on any atom is -0.494 e. The molecule has 2 rings (SSSR count). The van der Waals surface area contributed by atoms with E-state index in [0.717, 1.165) is 0 Å². The molecule has 1 fully saturated rings. The Hall–Kier alpha value is -0.970. The Bertz CT molecular complexity index is 488. The van der Waals surface area contributed by atoms with Crippen LogP contribution in [-0.2, 0) is 4.74 Å². The van der Waals surface area contributed by atoms with Crippen molar-refractivity contribution in [3.63, 3.8) is 0 Å². The largest absolute Gasteiger partial charge is 0.494 e. The lowest BCUT2D eigenvalue weighted by atomic mass is 10.1. The second-order valence-corrected chi connectivity index (χ2v) is 5.75. The van der Waals surface area contributed by atoms with Crippen molar-refractivity contribution in [2.75, 3.05) is 20.2 Å². The molecule has 1 heterocycles. The van der Waals surface area contributed by atoms with E-state index in [4.69, 9.17) is 32.7 Å². The van der Waals surface area contributed by atoms with Crippen LogP contribution in [0.3, 0.4) is 0 Å². The minimum absolute atomic E-state index is 0.0203. The minimum atomic E-state index is -0.0987. The zero-order chi connectivity index (χ0) is 14.9. The Morgan fingerprint density at radius 1 is 1.25 bits per heavy atom. The molecule has 20 heavy (non-hydrogen) atoms. The third kappa shape index (κ3) is 3.19. The Balaban J connectivity index is 2.25. The number of carbonyl (C=O) groups is 1. The molecule has 0 aliphatic carbocycles. The van der Waals surface area contributed by atoms with Crippen LogP contribution in [0.4, 0.5) is 0 Å². The average Bonchev–Trinajstić information content (AvgIpc) is 2.36. The molecule has 0 radical (unpaired) electrons. The molecule has 2 atom stereocenters. The Morgan fingerprint density at radius 3 is 2.20 bits per heavy atom. The first kappa shape index (κ1) is 15.4. The normalized spacial score (nSPS) is 22.8. The second kappa shape index (κ2) is 6.20. The van der Waals surface area contributed by atoms with E-state index in [1.807, 2.05) is 13.8 Å². The van der Waals surface area contributed by atoms with Crippen molar-refractivity contribution in [1.29, 1.82) is 0 Å². The standard InChI is InChI=1S/C14H17Cl2NO3/c1-8-6-17(7-9(2)20-8)14(18)10-4-11(15)13(19-3)12(16)5-10/h4-5,8-9H,6-7H2,1-3H3/t8-,9+. The summed E-state index contributed by atoms with van der Waals surface area (Å²) in [5, 5.41) is 0.662. The van der Waals surface area contributed by atoms with Crippen LogP contribution in [0, 0.1) is 0 Å². The van der Waals surface area contributed by atoms with Crippen LogP contribution >= 0.6 is 23.2 Å². The summed E-state index contributed by atoms with van der Waals surface area (Å²) < 4.78 is 10.7. The number of hydrogen-bond acceptors (Lipinski definition) is 3. The number of morpholine rings is 1. The molecule has 1 aromatic carbocycles. The molecule has 0 saturated carbocycles. The fourth-order valence-corrected chi connectivity index (χ4v) is 3.05. The average molecular weight is 318 g/mol. The summed E-state index contributed by atoms with van der Waals surface area (Å²) in [7, 11) is 1.49. The summed E-state index contributed by atoms with van der Waals surface area (Å²) in [6, 6.07) is 3.17. The number of carbonyl (C=O) groups excluding carboxylic acids is 1. The molecule has 1 amide bonds. The van der Waals surface area contributed by atoms with Crippen LogP contribution in [0.1, 0.15) is 24.2 Å². The maximum atomic E-state index is 12.5. The van der Waals surface area contributed by atoms with E-state index in [1.54, 1.807) is 17.0 Å². The number of halogens is 2. The first-order chi connectivity index (χ1) is 9.42. The molecular weight excluding hydrogens is 301 g/mol. The topological polar surface area (TPSA) is 38.8 Å². The molecule has 0 bridgehead atoms. The van der Waals surface area contributed by atoms with Crippen molar-refractivity contribution in [3.8, 4) is 5.75 Å². The van der Waals surface area contributed by atoms with Gasteiger partial charge in [0.25, 0.3) is 5.91 Å². The van der Waals surface area contributed by atoms with Crippen molar-refractivity contribution in [2.45, 2.75) is 26.1 Å². The number of nitrogens with zero attached hydrogens (tertiary/aromatic N) is 1. The fraction of sp³-hybridized carbons (Fsp3) is 0.500. The van der Waals surface area contributed by atoms with Crippen molar-refractivity contribution in [1.82, 2.24) is 4.90 Å². The molecule has 4 nitrogen and oxygen atoms in total. The molecule has 1 aliphatic heterocycles. The Labute approximate surface area is 128 Å². The van der Waals surface area contributed by atoms with Gasteiger partial charge in [-0.1, -0.05) is 23.2 Å².